The number of rotatable bonds is 2. The molecule has 0 radical (unpaired) electrons. The van der Waals surface area contributed by atoms with Gasteiger partial charge in [0.2, 0.25) is 0 Å². The quantitative estimate of drug-likeness (QED) is 0.590. The fraction of sp³-hybridized carbons (Fsp3) is 1.00. The molecule has 0 aromatic heterocycles. The van der Waals surface area contributed by atoms with Crippen molar-refractivity contribution in [3.63, 3.8) is 0 Å². The van der Waals surface area contributed by atoms with Gasteiger partial charge in [0.15, 0.2) is 0 Å². The normalized spacial score (nSPS) is 48.5. The first-order chi connectivity index (χ1) is 5.30. The molecule has 2 aliphatic rings. The predicted octanol–water partition coefficient (Wildman–Crippen LogP) is -0.0913. The van der Waals surface area contributed by atoms with Crippen molar-refractivity contribution in [2.75, 3.05) is 13.2 Å². The van der Waals surface area contributed by atoms with Gasteiger partial charge in [0.25, 0.3) is 0 Å². The van der Waals surface area contributed by atoms with E-state index in [1.807, 2.05) is 0 Å². The molecule has 0 aliphatic carbocycles. The second-order valence-corrected chi connectivity index (χ2v) is 3.62. The van der Waals surface area contributed by atoms with Crippen molar-refractivity contribution in [2.45, 2.75) is 31.0 Å². The molecular formula is C8H14O3. The molecule has 2 rings (SSSR count). The molecule has 0 amide bonds. The average Bonchev–Trinajstić information content (AvgIpc) is 2.60. The van der Waals surface area contributed by atoms with Gasteiger partial charge in [0.1, 0.15) is 0 Å². The predicted molar refractivity (Wildman–Crippen MR) is 39.1 cm³/mol. The molecule has 3 nitrogen and oxygen atoms in total. The Hall–Kier alpha value is -0.120. The van der Waals surface area contributed by atoms with Crippen LogP contribution in [0, 0.1) is 5.92 Å². The molecule has 2 bridgehead atoms. The van der Waals surface area contributed by atoms with Crippen LogP contribution in [0.3, 0.4) is 0 Å². The van der Waals surface area contributed by atoms with Gasteiger partial charge in [-0.25, -0.2) is 0 Å². The molecule has 0 unspecified atom stereocenters. The molecule has 2 N–H and O–H groups in total. The first-order valence-corrected chi connectivity index (χ1v) is 4.20. The third kappa shape index (κ3) is 0.916. The van der Waals surface area contributed by atoms with Gasteiger partial charge in [-0.1, -0.05) is 0 Å². The molecule has 2 heterocycles. The Labute approximate surface area is 66.0 Å². The maximum Gasteiger partial charge on any atom is 0.0967 e. The zero-order chi connectivity index (χ0) is 7.90. The van der Waals surface area contributed by atoms with Crippen LogP contribution in [0.1, 0.15) is 19.3 Å². The van der Waals surface area contributed by atoms with Gasteiger partial charge in [-0.3, -0.25) is 0 Å². The van der Waals surface area contributed by atoms with Crippen LogP contribution in [0.5, 0.6) is 0 Å². The minimum atomic E-state index is -0.376. The first-order valence-electron chi connectivity index (χ1n) is 4.20. The van der Waals surface area contributed by atoms with Gasteiger partial charge >= 0.3 is 0 Å². The summed E-state index contributed by atoms with van der Waals surface area (Å²) >= 11 is 0. The molecule has 0 aromatic rings. The molecule has 0 aromatic carbocycles. The minimum Gasteiger partial charge on any atom is -0.396 e. The van der Waals surface area contributed by atoms with Gasteiger partial charge < -0.3 is 14.9 Å². The van der Waals surface area contributed by atoms with Gasteiger partial charge in [0, 0.05) is 12.5 Å². The lowest BCUT2D eigenvalue weighted by Crippen LogP contribution is -2.39. The molecule has 0 saturated carbocycles. The van der Waals surface area contributed by atoms with Crippen LogP contribution in [0.15, 0.2) is 0 Å². The maximum atomic E-state index is 9.11. The van der Waals surface area contributed by atoms with E-state index in [-0.39, 0.29) is 24.7 Å². The van der Waals surface area contributed by atoms with Crippen LogP contribution in [0.25, 0.3) is 0 Å². The van der Waals surface area contributed by atoms with Crippen LogP contribution in [0.2, 0.25) is 0 Å². The summed E-state index contributed by atoms with van der Waals surface area (Å²) in [6, 6.07) is 0. The highest BCUT2D eigenvalue weighted by Crippen LogP contribution is 2.47. The van der Waals surface area contributed by atoms with E-state index >= 15 is 0 Å². The summed E-state index contributed by atoms with van der Waals surface area (Å²) < 4.78 is 5.60. The summed E-state index contributed by atoms with van der Waals surface area (Å²) in [5, 5.41) is 18.1. The number of aliphatic hydroxyl groups excluding tert-OH is 2. The number of ether oxygens (including phenoxy) is 1. The topological polar surface area (TPSA) is 49.7 Å². The van der Waals surface area contributed by atoms with Crippen molar-refractivity contribution < 1.29 is 14.9 Å². The Bertz CT molecular complexity index is 159. The second-order valence-electron chi connectivity index (χ2n) is 3.62. The van der Waals surface area contributed by atoms with Crippen molar-refractivity contribution in [3.05, 3.63) is 0 Å². The number of fused-ring (bicyclic) bond motifs is 2. The van der Waals surface area contributed by atoms with E-state index in [1.54, 1.807) is 0 Å². The molecule has 2 aliphatic heterocycles. The number of hydrogen-bond acceptors (Lipinski definition) is 3. The van der Waals surface area contributed by atoms with Crippen LogP contribution >= 0.6 is 0 Å². The number of aliphatic hydroxyl groups is 2. The summed E-state index contributed by atoms with van der Waals surface area (Å²) in [6.07, 6.45) is 3.20. The minimum absolute atomic E-state index is 0.0642. The second kappa shape index (κ2) is 2.44. The zero-order valence-electron chi connectivity index (χ0n) is 6.49. The standard InChI is InChI=1S/C8H14O3/c9-4-6-3-7-1-2-8(6,5-10)11-7/h6-7,9-10H,1-5H2/t6-,7+,8+/m1/s1. The van der Waals surface area contributed by atoms with E-state index in [9.17, 15) is 0 Å². The van der Waals surface area contributed by atoms with Gasteiger partial charge in [0.05, 0.1) is 18.3 Å². The fourth-order valence-corrected chi connectivity index (χ4v) is 2.34. The van der Waals surface area contributed by atoms with Gasteiger partial charge in [-0.15, -0.1) is 0 Å². The van der Waals surface area contributed by atoms with E-state index in [4.69, 9.17) is 14.9 Å². The Morgan fingerprint density at radius 2 is 2.27 bits per heavy atom. The van der Waals surface area contributed by atoms with Gasteiger partial charge in [-0.2, -0.15) is 0 Å². The largest absolute Gasteiger partial charge is 0.396 e. The van der Waals surface area contributed by atoms with Crippen LogP contribution in [0.4, 0.5) is 0 Å². The summed E-state index contributed by atoms with van der Waals surface area (Å²) in [5.41, 5.74) is -0.376. The monoisotopic (exact) mass is 158 g/mol. The summed E-state index contributed by atoms with van der Waals surface area (Å²) in [7, 11) is 0. The smallest absolute Gasteiger partial charge is 0.0967 e. The van der Waals surface area contributed by atoms with Crippen LogP contribution < -0.4 is 0 Å². The Kier molecular flexibility index (Phi) is 1.67. The lowest BCUT2D eigenvalue weighted by molar-refractivity contribution is -0.0581. The highest BCUT2D eigenvalue weighted by Gasteiger charge is 2.52. The molecular weight excluding hydrogens is 144 g/mol. The Morgan fingerprint density at radius 1 is 1.45 bits per heavy atom. The summed E-state index contributed by atoms with van der Waals surface area (Å²) in [5.74, 6) is 0.172. The van der Waals surface area contributed by atoms with Crippen LogP contribution in [-0.4, -0.2) is 35.1 Å². The molecule has 3 heteroatoms. The Morgan fingerprint density at radius 3 is 2.73 bits per heavy atom. The molecule has 64 valence electrons. The molecule has 11 heavy (non-hydrogen) atoms. The molecule has 2 saturated heterocycles. The van der Waals surface area contributed by atoms with E-state index in [0.717, 1.165) is 19.3 Å². The third-order valence-corrected chi connectivity index (χ3v) is 3.07. The zero-order valence-corrected chi connectivity index (χ0v) is 6.49. The highest BCUT2D eigenvalue weighted by molar-refractivity contribution is 5.01. The molecule has 3 atom stereocenters. The van der Waals surface area contributed by atoms with E-state index in [1.165, 1.54) is 0 Å². The summed E-state index contributed by atoms with van der Waals surface area (Å²) in [6.45, 7) is 0.214. The Balaban J connectivity index is 2.15. The first kappa shape index (κ1) is 7.53. The molecule has 2 fully saturated rings. The SMILES string of the molecule is OC[C@H]1C[C@@H]2CC[C@@]1(CO)O2. The van der Waals surface area contributed by atoms with E-state index in [2.05, 4.69) is 0 Å². The van der Waals surface area contributed by atoms with Crippen molar-refractivity contribution >= 4 is 0 Å². The van der Waals surface area contributed by atoms with Crippen molar-refractivity contribution in [2.24, 2.45) is 5.92 Å². The number of hydrogen-bond donors (Lipinski definition) is 2. The lowest BCUT2D eigenvalue weighted by Gasteiger charge is -2.29. The van der Waals surface area contributed by atoms with Crippen molar-refractivity contribution in [1.82, 2.24) is 0 Å². The summed E-state index contributed by atoms with van der Waals surface area (Å²) in [4.78, 5) is 0. The highest BCUT2D eigenvalue weighted by atomic mass is 16.5. The fourth-order valence-electron chi connectivity index (χ4n) is 2.34. The van der Waals surface area contributed by atoms with Crippen LogP contribution in [-0.2, 0) is 4.74 Å². The van der Waals surface area contributed by atoms with Crippen molar-refractivity contribution in [3.8, 4) is 0 Å². The lowest BCUT2D eigenvalue weighted by atomic mass is 9.79. The average molecular weight is 158 g/mol. The van der Waals surface area contributed by atoms with Gasteiger partial charge in [-0.05, 0) is 19.3 Å². The van der Waals surface area contributed by atoms with E-state index < -0.39 is 0 Å². The molecule has 0 spiro atoms. The van der Waals surface area contributed by atoms with E-state index in [0.29, 0.717) is 6.10 Å². The third-order valence-electron chi connectivity index (χ3n) is 3.07. The maximum absolute atomic E-state index is 9.11. The van der Waals surface area contributed by atoms with Crippen molar-refractivity contribution in [1.29, 1.82) is 0 Å².